The Hall–Kier alpha value is -3.13. The molecular formula is C19H15FN2O4S. The minimum atomic E-state index is -0.592. The van der Waals surface area contributed by atoms with Gasteiger partial charge in [0.1, 0.15) is 18.1 Å². The highest BCUT2D eigenvalue weighted by molar-refractivity contribution is 8.18. The zero-order valence-corrected chi connectivity index (χ0v) is 15.1. The third-order valence-electron chi connectivity index (χ3n) is 3.68. The number of ether oxygens (including phenoxy) is 1. The predicted octanol–water partition coefficient (Wildman–Crippen LogP) is 3.51. The summed E-state index contributed by atoms with van der Waals surface area (Å²) in [6.45, 7) is -0.448. The predicted molar refractivity (Wildman–Crippen MR) is 101 cm³/mol. The van der Waals surface area contributed by atoms with Gasteiger partial charge in [0.25, 0.3) is 11.1 Å². The van der Waals surface area contributed by atoms with E-state index in [-0.39, 0.29) is 10.6 Å². The molecule has 138 valence electrons. The molecule has 1 fully saturated rings. The van der Waals surface area contributed by atoms with Gasteiger partial charge in [-0.2, -0.15) is 0 Å². The Kier molecular flexibility index (Phi) is 5.56. The van der Waals surface area contributed by atoms with Crippen LogP contribution in [0.25, 0.3) is 6.08 Å². The van der Waals surface area contributed by atoms with Crippen molar-refractivity contribution in [3.63, 3.8) is 0 Å². The van der Waals surface area contributed by atoms with Crippen molar-refractivity contribution in [3.8, 4) is 5.75 Å². The van der Waals surface area contributed by atoms with E-state index in [4.69, 9.17) is 4.74 Å². The number of anilines is 1. The molecule has 0 aromatic heterocycles. The second-order valence-corrected chi connectivity index (χ2v) is 6.60. The third-order valence-corrected chi connectivity index (χ3v) is 4.58. The Morgan fingerprint density at radius 3 is 2.74 bits per heavy atom. The zero-order valence-electron chi connectivity index (χ0n) is 14.3. The Balaban J connectivity index is 1.70. The van der Waals surface area contributed by atoms with Crippen LogP contribution in [0.4, 0.5) is 14.9 Å². The number of hydrogen-bond donors (Lipinski definition) is 1. The first kappa shape index (κ1) is 18.7. The summed E-state index contributed by atoms with van der Waals surface area (Å²) >= 11 is 0.759. The zero-order chi connectivity index (χ0) is 19.4. The van der Waals surface area contributed by atoms with Crippen molar-refractivity contribution in [3.05, 3.63) is 64.8 Å². The summed E-state index contributed by atoms with van der Waals surface area (Å²) in [7, 11) is 1.53. The molecule has 0 bridgehead atoms. The quantitative estimate of drug-likeness (QED) is 0.796. The van der Waals surface area contributed by atoms with Crippen LogP contribution in [-0.4, -0.2) is 35.6 Å². The molecule has 0 unspecified atom stereocenters. The standard InChI is InChI=1S/C19H15FN2O4S/c1-26-15-7-2-4-12(8-15)9-16-18(24)22(19(25)27-16)11-17(23)21-14-6-3-5-13(20)10-14/h2-10H,11H2,1H3,(H,21,23)/b16-9+. The second kappa shape index (κ2) is 8.05. The summed E-state index contributed by atoms with van der Waals surface area (Å²) in [5.41, 5.74) is 0.947. The van der Waals surface area contributed by atoms with Crippen molar-refractivity contribution in [2.45, 2.75) is 0 Å². The molecule has 27 heavy (non-hydrogen) atoms. The fourth-order valence-corrected chi connectivity index (χ4v) is 3.27. The molecule has 3 amide bonds. The van der Waals surface area contributed by atoms with Gasteiger partial charge in [-0.1, -0.05) is 18.2 Å². The van der Waals surface area contributed by atoms with Gasteiger partial charge in [-0.3, -0.25) is 19.3 Å². The van der Waals surface area contributed by atoms with E-state index in [1.54, 1.807) is 30.3 Å². The SMILES string of the molecule is COc1cccc(/C=C2/SC(=O)N(CC(=O)Nc3cccc(F)c3)C2=O)c1. The molecule has 0 radical (unpaired) electrons. The minimum absolute atomic E-state index is 0.215. The highest BCUT2D eigenvalue weighted by Crippen LogP contribution is 2.32. The van der Waals surface area contributed by atoms with Gasteiger partial charge in [0.05, 0.1) is 12.0 Å². The van der Waals surface area contributed by atoms with Gasteiger partial charge < -0.3 is 10.1 Å². The number of carbonyl (C=O) groups excluding carboxylic acids is 3. The molecule has 3 rings (SSSR count). The van der Waals surface area contributed by atoms with Crippen molar-refractivity contribution >= 4 is 40.6 Å². The molecule has 2 aromatic rings. The van der Waals surface area contributed by atoms with Crippen LogP contribution in [0.5, 0.6) is 5.75 Å². The number of hydrogen-bond acceptors (Lipinski definition) is 5. The van der Waals surface area contributed by atoms with Crippen LogP contribution in [-0.2, 0) is 9.59 Å². The Morgan fingerprint density at radius 2 is 2.00 bits per heavy atom. The van der Waals surface area contributed by atoms with Crippen molar-refractivity contribution in [1.82, 2.24) is 4.90 Å². The molecule has 0 spiro atoms. The number of amides is 3. The lowest BCUT2D eigenvalue weighted by atomic mass is 10.2. The second-order valence-electron chi connectivity index (χ2n) is 5.60. The Labute approximate surface area is 159 Å². The van der Waals surface area contributed by atoms with Gasteiger partial charge in [-0.15, -0.1) is 0 Å². The number of benzene rings is 2. The lowest BCUT2D eigenvalue weighted by Gasteiger charge is -2.12. The van der Waals surface area contributed by atoms with Crippen LogP contribution in [0.3, 0.4) is 0 Å². The fraction of sp³-hybridized carbons (Fsp3) is 0.105. The topological polar surface area (TPSA) is 75.7 Å². The van der Waals surface area contributed by atoms with Crippen molar-refractivity contribution < 1.29 is 23.5 Å². The fourth-order valence-electron chi connectivity index (χ4n) is 2.43. The maximum Gasteiger partial charge on any atom is 0.294 e. The van der Waals surface area contributed by atoms with Crippen molar-refractivity contribution in [2.24, 2.45) is 0 Å². The molecule has 1 heterocycles. The maximum absolute atomic E-state index is 13.2. The molecule has 1 aliphatic heterocycles. The number of thioether (sulfide) groups is 1. The van der Waals surface area contributed by atoms with E-state index in [1.807, 2.05) is 0 Å². The molecule has 2 aromatic carbocycles. The summed E-state index contributed by atoms with van der Waals surface area (Å²) in [5.74, 6) is -1.02. The van der Waals surface area contributed by atoms with E-state index in [9.17, 15) is 18.8 Å². The van der Waals surface area contributed by atoms with Crippen LogP contribution in [0.1, 0.15) is 5.56 Å². The largest absolute Gasteiger partial charge is 0.497 e. The van der Waals surface area contributed by atoms with Crippen LogP contribution in [0, 0.1) is 5.82 Å². The summed E-state index contributed by atoms with van der Waals surface area (Å²) in [6, 6.07) is 12.4. The van der Waals surface area contributed by atoms with Crippen LogP contribution in [0.2, 0.25) is 0 Å². The van der Waals surface area contributed by atoms with Crippen LogP contribution >= 0.6 is 11.8 Å². The number of methoxy groups -OCH3 is 1. The summed E-state index contributed by atoms with van der Waals surface area (Å²) < 4.78 is 18.3. The number of nitrogens with zero attached hydrogens (tertiary/aromatic N) is 1. The van der Waals surface area contributed by atoms with E-state index >= 15 is 0 Å². The highest BCUT2D eigenvalue weighted by Gasteiger charge is 2.36. The summed E-state index contributed by atoms with van der Waals surface area (Å²) in [6.07, 6.45) is 1.57. The molecular weight excluding hydrogens is 371 g/mol. The molecule has 0 aliphatic carbocycles. The Bertz CT molecular complexity index is 945. The number of halogens is 1. The van der Waals surface area contributed by atoms with Gasteiger partial charge in [-0.05, 0) is 53.7 Å². The minimum Gasteiger partial charge on any atom is -0.497 e. The summed E-state index contributed by atoms with van der Waals surface area (Å²) in [4.78, 5) is 37.7. The molecule has 0 saturated carbocycles. The van der Waals surface area contributed by atoms with E-state index in [1.165, 1.54) is 25.3 Å². The molecule has 1 saturated heterocycles. The van der Waals surface area contributed by atoms with E-state index in [2.05, 4.69) is 5.32 Å². The normalized spacial score (nSPS) is 15.3. The van der Waals surface area contributed by atoms with E-state index in [0.29, 0.717) is 11.3 Å². The maximum atomic E-state index is 13.2. The lowest BCUT2D eigenvalue weighted by molar-refractivity contribution is -0.127. The van der Waals surface area contributed by atoms with Crippen molar-refractivity contribution in [2.75, 3.05) is 19.0 Å². The average Bonchev–Trinajstić information content (AvgIpc) is 2.89. The number of rotatable bonds is 5. The monoisotopic (exact) mass is 386 g/mol. The molecule has 0 atom stereocenters. The molecule has 8 heteroatoms. The Morgan fingerprint density at radius 1 is 1.22 bits per heavy atom. The first-order valence-corrected chi connectivity index (χ1v) is 8.73. The first-order valence-electron chi connectivity index (χ1n) is 7.91. The third kappa shape index (κ3) is 4.53. The number of carbonyl (C=O) groups is 3. The summed E-state index contributed by atoms with van der Waals surface area (Å²) in [5, 5.41) is 1.92. The van der Waals surface area contributed by atoms with Crippen LogP contribution < -0.4 is 10.1 Å². The van der Waals surface area contributed by atoms with E-state index < -0.39 is 29.4 Å². The van der Waals surface area contributed by atoms with Crippen LogP contribution in [0.15, 0.2) is 53.4 Å². The molecule has 6 nitrogen and oxygen atoms in total. The smallest absolute Gasteiger partial charge is 0.294 e. The molecule has 1 aliphatic rings. The van der Waals surface area contributed by atoms with Gasteiger partial charge >= 0.3 is 0 Å². The highest BCUT2D eigenvalue weighted by atomic mass is 32.2. The lowest BCUT2D eigenvalue weighted by Crippen LogP contribution is -2.36. The molecule has 1 N–H and O–H groups in total. The van der Waals surface area contributed by atoms with E-state index in [0.717, 1.165) is 22.7 Å². The van der Waals surface area contributed by atoms with Gasteiger partial charge in [-0.25, -0.2) is 4.39 Å². The van der Waals surface area contributed by atoms with Gasteiger partial charge in [0.2, 0.25) is 5.91 Å². The number of imide groups is 1. The van der Waals surface area contributed by atoms with Gasteiger partial charge in [0, 0.05) is 5.69 Å². The average molecular weight is 386 g/mol. The first-order chi connectivity index (χ1) is 13.0. The van der Waals surface area contributed by atoms with Gasteiger partial charge in [0.15, 0.2) is 0 Å². The van der Waals surface area contributed by atoms with Crippen molar-refractivity contribution in [1.29, 1.82) is 0 Å². The number of nitrogens with one attached hydrogen (secondary N) is 1.